The van der Waals surface area contributed by atoms with Crippen LogP contribution in [0.2, 0.25) is 5.15 Å². The highest BCUT2D eigenvalue weighted by atomic mass is 35.5. The number of anilines is 1. The van der Waals surface area contributed by atoms with E-state index in [9.17, 15) is 5.11 Å². The molecule has 1 aliphatic carbocycles. The van der Waals surface area contributed by atoms with Gasteiger partial charge in [0.1, 0.15) is 16.8 Å². The zero-order valence-corrected chi connectivity index (χ0v) is 11.2. The summed E-state index contributed by atoms with van der Waals surface area (Å²) in [6.45, 7) is 6.25. The van der Waals surface area contributed by atoms with Gasteiger partial charge in [0, 0.05) is 11.5 Å². The highest BCUT2D eigenvalue weighted by molar-refractivity contribution is 6.29. The number of halogens is 1. The van der Waals surface area contributed by atoms with Gasteiger partial charge in [-0.3, -0.25) is 0 Å². The third-order valence-corrected chi connectivity index (χ3v) is 3.11. The van der Waals surface area contributed by atoms with E-state index in [4.69, 9.17) is 11.6 Å². The summed E-state index contributed by atoms with van der Waals surface area (Å²) in [5, 5.41) is 13.0. The number of nitrogens with zero attached hydrogens (tertiary/aromatic N) is 2. The van der Waals surface area contributed by atoms with Crippen LogP contribution in [-0.4, -0.2) is 27.2 Å². The van der Waals surface area contributed by atoms with Crippen LogP contribution in [0.1, 0.15) is 39.4 Å². The molecule has 17 heavy (non-hydrogen) atoms. The molecule has 0 bridgehead atoms. The molecule has 2 N–H and O–H groups in total. The normalized spacial score (nSPS) is 17.9. The minimum absolute atomic E-state index is 0.124. The van der Waals surface area contributed by atoms with Gasteiger partial charge in [-0.25, -0.2) is 9.97 Å². The largest absolute Gasteiger partial charge is 0.394 e. The van der Waals surface area contributed by atoms with E-state index in [1.165, 1.54) is 0 Å². The quantitative estimate of drug-likeness (QED) is 0.815. The first-order valence-electron chi connectivity index (χ1n) is 5.79. The molecular formula is C12H18ClN3O. The number of rotatable bonds is 3. The van der Waals surface area contributed by atoms with Gasteiger partial charge in [0.05, 0.1) is 12.1 Å². The molecule has 0 atom stereocenters. The van der Waals surface area contributed by atoms with Gasteiger partial charge in [-0.2, -0.15) is 0 Å². The fraction of sp³-hybridized carbons (Fsp3) is 0.667. The second-order valence-electron chi connectivity index (χ2n) is 5.71. The van der Waals surface area contributed by atoms with Crippen LogP contribution < -0.4 is 5.32 Å². The number of hydrogen-bond donors (Lipinski definition) is 2. The van der Waals surface area contributed by atoms with Gasteiger partial charge in [0.2, 0.25) is 0 Å². The smallest absolute Gasteiger partial charge is 0.137 e. The van der Waals surface area contributed by atoms with Gasteiger partial charge in [-0.05, 0) is 12.8 Å². The fourth-order valence-corrected chi connectivity index (χ4v) is 1.75. The van der Waals surface area contributed by atoms with E-state index in [0.29, 0.717) is 16.8 Å². The lowest BCUT2D eigenvalue weighted by Gasteiger charge is -2.20. The maximum Gasteiger partial charge on any atom is 0.137 e. The van der Waals surface area contributed by atoms with E-state index < -0.39 is 0 Å². The number of hydrogen-bond acceptors (Lipinski definition) is 4. The third-order valence-electron chi connectivity index (χ3n) is 2.92. The molecule has 2 rings (SSSR count). The predicted molar refractivity (Wildman–Crippen MR) is 68.4 cm³/mol. The van der Waals surface area contributed by atoms with Gasteiger partial charge in [0.25, 0.3) is 0 Å². The zero-order chi connectivity index (χ0) is 12.7. The summed E-state index contributed by atoms with van der Waals surface area (Å²) in [5.41, 5.74) is -0.329. The van der Waals surface area contributed by atoms with Crippen molar-refractivity contribution >= 4 is 17.4 Å². The van der Waals surface area contributed by atoms with Crippen molar-refractivity contribution in [3.8, 4) is 0 Å². The first-order valence-corrected chi connectivity index (χ1v) is 6.17. The van der Waals surface area contributed by atoms with Crippen LogP contribution in [0.25, 0.3) is 0 Å². The highest BCUT2D eigenvalue weighted by Gasteiger charge is 2.42. The topological polar surface area (TPSA) is 58.0 Å². The number of aromatic nitrogens is 2. The fourth-order valence-electron chi connectivity index (χ4n) is 1.56. The van der Waals surface area contributed by atoms with Gasteiger partial charge in [-0.1, -0.05) is 32.4 Å². The lowest BCUT2D eigenvalue weighted by atomic mass is 9.96. The standard InChI is InChI=1S/C12H18ClN3O/c1-11(2,3)10-14-8(13)6-9(15-10)16-12(7-17)4-5-12/h6,17H,4-5,7H2,1-3H3,(H,14,15,16). The molecule has 1 aliphatic rings. The monoisotopic (exact) mass is 255 g/mol. The molecule has 0 spiro atoms. The zero-order valence-electron chi connectivity index (χ0n) is 10.4. The maximum absolute atomic E-state index is 9.28. The van der Waals surface area contributed by atoms with Gasteiger partial charge >= 0.3 is 0 Å². The minimum atomic E-state index is -0.188. The lowest BCUT2D eigenvalue weighted by molar-refractivity contribution is 0.266. The molecule has 1 saturated carbocycles. The summed E-state index contributed by atoms with van der Waals surface area (Å²) in [6.07, 6.45) is 1.94. The Hall–Kier alpha value is -0.870. The molecule has 1 heterocycles. The molecule has 1 aromatic heterocycles. The summed E-state index contributed by atoms with van der Waals surface area (Å²) in [5.74, 6) is 1.41. The molecule has 0 radical (unpaired) electrons. The first-order chi connectivity index (χ1) is 7.85. The van der Waals surface area contributed by atoms with Crippen LogP contribution in [0, 0.1) is 0 Å². The van der Waals surface area contributed by atoms with Crippen molar-refractivity contribution in [1.82, 2.24) is 9.97 Å². The molecule has 1 aromatic rings. The van der Waals surface area contributed by atoms with Crippen LogP contribution in [0.5, 0.6) is 0 Å². The van der Waals surface area contributed by atoms with Crippen molar-refractivity contribution in [2.24, 2.45) is 0 Å². The lowest BCUT2D eigenvalue weighted by Crippen LogP contribution is -2.27. The maximum atomic E-state index is 9.28. The number of aliphatic hydroxyl groups is 1. The van der Waals surface area contributed by atoms with Crippen molar-refractivity contribution in [1.29, 1.82) is 0 Å². The molecule has 0 aromatic carbocycles. The Morgan fingerprint density at radius 3 is 2.53 bits per heavy atom. The molecule has 5 heteroatoms. The van der Waals surface area contributed by atoms with Crippen molar-refractivity contribution in [3.63, 3.8) is 0 Å². The van der Waals surface area contributed by atoms with Crippen LogP contribution in [0.3, 0.4) is 0 Å². The second kappa shape index (κ2) is 4.10. The molecule has 0 amide bonds. The SMILES string of the molecule is CC(C)(C)c1nc(Cl)cc(NC2(CO)CC2)n1. The van der Waals surface area contributed by atoms with E-state index >= 15 is 0 Å². The molecule has 94 valence electrons. The molecule has 1 fully saturated rings. The van der Waals surface area contributed by atoms with Crippen molar-refractivity contribution in [2.75, 3.05) is 11.9 Å². The Balaban J connectivity index is 2.26. The van der Waals surface area contributed by atoms with Crippen molar-refractivity contribution in [2.45, 2.75) is 44.6 Å². The number of aliphatic hydroxyl groups excluding tert-OH is 1. The molecule has 0 aliphatic heterocycles. The Bertz CT molecular complexity index is 424. The average molecular weight is 256 g/mol. The van der Waals surface area contributed by atoms with Crippen LogP contribution in [0.15, 0.2) is 6.07 Å². The Kier molecular flexibility index (Phi) is 3.04. The summed E-state index contributed by atoms with van der Waals surface area (Å²) >= 11 is 5.99. The second-order valence-corrected chi connectivity index (χ2v) is 6.10. The Morgan fingerprint density at radius 2 is 2.06 bits per heavy atom. The van der Waals surface area contributed by atoms with E-state index in [0.717, 1.165) is 12.8 Å². The van der Waals surface area contributed by atoms with Crippen LogP contribution in [0.4, 0.5) is 5.82 Å². The summed E-state index contributed by atoms with van der Waals surface area (Å²) in [4.78, 5) is 8.69. The van der Waals surface area contributed by atoms with Crippen LogP contribution >= 0.6 is 11.6 Å². The van der Waals surface area contributed by atoms with Gasteiger partial charge in [-0.15, -0.1) is 0 Å². The number of nitrogens with one attached hydrogen (secondary N) is 1. The predicted octanol–water partition coefficient (Wildman–Crippen LogP) is 2.36. The summed E-state index contributed by atoms with van der Waals surface area (Å²) in [6, 6.07) is 1.70. The van der Waals surface area contributed by atoms with Gasteiger partial charge < -0.3 is 10.4 Å². The van der Waals surface area contributed by atoms with Crippen molar-refractivity contribution in [3.05, 3.63) is 17.0 Å². The van der Waals surface area contributed by atoms with Crippen molar-refractivity contribution < 1.29 is 5.11 Å². The molecule has 4 nitrogen and oxygen atoms in total. The van der Waals surface area contributed by atoms with Crippen LogP contribution in [-0.2, 0) is 5.41 Å². The highest BCUT2D eigenvalue weighted by Crippen LogP contribution is 2.38. The van der Waals surface area contributed by atoms with Gasteiger partial charge in [0.15, 0.2) is 0 Å². The summed E-state index contributed by atoms with van der Waals surface area (Å²) in [7, 11) is 0. The van der Waals surface area contributed by atoms with E-state index in [-0.39, 0.29) is 17.6 Å². The average Bonchev–Trinajstić information content (AvgIpc) is 2.96. The first kappa shape index (κ1) is 12.6. The van der Waals surface area contributed by atoms with E-state index in [1.807, 2.05) is 20.8 Å². The molecule has 0 saturated heterocycles. The van der Waals surface area contributed by atoms with E-state index in [1.54, 1.807) is 6.07 Å². The minimum Gasteiger partial charge on any atom is -0.394 e. The third kappa shape index (κ3) is 2.87. The summed E-state index contributed by atoms with van der Waals surface area (Å²) < 4.78 is 0. The van der Waals surface area contributed by atoms with E-state index in [2.05, 4.69) is 15.3 Å². The Morgan fingerprint density at radius 1 is 1.41 bits per heavy atom. The molecule has 0 unspecified atom stereocenters. The Labute approximate surface area is 106 Å². The molecular weight excluding hydrogens is 238 g/mol.